The molecule has 0 spiro atoms. The molecule has 0 amide bonds. The molecule has 0 saturated heterocycles. The molecular weight excluding hydrogens is 322 g/mol. The van der Waals surface area contributed by atoms with Crippen molar-refractivity contribution < 1.29 is 4.92 Å². The van der Waals surface area contributed by atoms with Crippen molar-refractivity contribution in [2.24, 2.45) is 0 Å². The van der Waals surface area contributed by atoms with Crippen molar-refractivity contribution in [3.05, 3.63) is 69.0 Å². The first-order valence-electron chi connectivity index (χ1n) is 7.74. The summed E-state index contributed by atoms with van der Waals surface area (Å²) < 4.78 is 0. The zero-order chi connectivity index (χ0) is 16.5. The van der Waals surface area contributed by atoms with E-state index in [2.05, 4.69) is 33.5 Å². The van der Waals surface area contributed by atoms with Gasteiger partial charge in [0.15, 0.2) is 0 Å². The lowest BCUT2D eigenvalue weighted by Crippen LogP contribution is -2.28. The highest BCUT2D eigenvalue weighted by Crippen LogP contribution is 2.34. The Bertz CT molecular complexity index is 935. The number of fused-ring (bicyclic) bond motifs is 1. The predicted octanol–water partition coefficient (Wildman–Crippen LogP) is 4.50. The molecule has 24 heavy (non-hydrogen) atoms. The van der Waals surface area contributed by atoms with Crippen LogP contribution in [0.3, 0.4) is 0 Å². The minimum absolute atomic E-state index is 0.105. The molecule has 2 aromatic heterocycles. The van der Waals surface area contributed by atoms with E-state index >= 15 is 0 Å². The fraction of sp³-hybridized carbons (Fsp3) is 0.167. The highest BCUT2D eigenvalue weighted by molar-refractivity contribution is 7.11. The van der Waals surface area contributed by atoms with E-state index in [1.54, 1.807) is 35.7 Å². The summed E-state index contributed by atoms with van der Waals surface area (Å²) in [7, 11) is 0. The topological polar surface area (TPSA) is 59.3 Å². The third kappa shape index (κ3) is 2.55. The lowest BCUT2D eigenvalue weighted by Gasteiger charge is -2.28. The van der Waals surface area contributed by atoms with E-state index in [0.717, 1.165) is 25.2 Å². The smallest absolute Gasteiger partial charge is 0.278 e. The van der Waals surface area contributed by atoms with Gasteiger partial charge >= 0.3 is 0 Å². The van der Waals surface area contributed by atoms with Crippen molar-refractivity contribution in [2.75, 3.05) is 18.0 Å². The number of benzene rings is 1. The van der Waals surface area contributed by atoms with Crippen LogP contribution in [0.1, 0.15) is 11.3 Å². The minimum atomic E-state index is -0.348. The first-order chi connectivity index (χ1) is 11.7. The first kappa shape index (κ1) is 14.8. The standard InChI is InChI=1S/C18H15N3O2S/c22-21(23)15-5-6-16(18-14(15)3-1-9-19-18)20-10-7-13(8-11-20)17-4-2-12-24-17/h1-7,9,12H,8,10-11H2. The molecule has 0 saturated carbocycles. The second-order valence-electron chi connectivity index (χ2n) is 5.66. The molecule has 4 rings (SSSR count). The van der Waals surface area contributed by atoms with Crippen LogP contribution in [0.4, 0.5) is 11.4 Å². The maximum atomic E-state index is 11.2. The van der Waals surface area contributed by atoms with Gasteiger partial charge in [0, 0.05) is 30.2 Å². The maximum absolute atomic E-state index is 11.2. The molecule has 3 aromatic rings. The Hall–Kier alpha value is -2.73. The number of pyridine rings is 1. The average molecular weight is 337 g/mol. The molecule has 120 valence electrons. The number of thiophene rings is 1. The molecule has 0 N–H and O–H groups in total. The van der Waals surface area contributed by atoms with Crippen molar-refractivity contribution in [3.8, 4) is 0 Å². The Kier molecular flexibility index (Phi) is 3.74. The van der Waals surface area contributed by atoms with Gasteiger partial charge < -0.3 is 4.90 Å². The van der Waals surface area contributed by atoms with Crippen LogP contribution >= 0.6 is 11.3 Å². The van der Waals surface area contributed by atoms with Crippen LogP contribution < -0.4 is 4.90 Å². The van der Waals surface area contributed by atoms with Gasteiger partial charge in [-0.05, 0) is 41.6 Å². The summed E-state index contributed by atoms with van der Waals surface area (Å²) >= 11 is 1.76. The summed E-state index contributed by atoms with van der Waals surface area (Å²) in [5.41, 5.74) is 3.13. The minimum Gasteiger partial charge on any atom is -0.366 e. The van der Waals surface area contributed by atoms with Gasteiger partial charge in [0.2, 0.25) is 0 Å². The molecular formula is C18H15N3O2S. The summed E-state index contributed by atoms with van der Waals surface area (Å²) in [6.45, 7) is 1.67. The third-order valence-electron chi connectivity index (χ3n) is 4.31. The fourth-order valence-electron chi connectivity index (χ4n) is 3.13. The van der Waals surface area contributed by atoms with Crippen LogP contribution in [-0.2, 0) is 0 Å². The van der Waals surface area contributed by atoms with Crippen molar-refractivity contribution in [2.45, 2.75) is 6.42 Å². The summed E-state index contributed by atoms with van der Waals surface area (Å²) in [4.78, 5) is 18.8. The van der Waals surface area contributed by atoms with Gasteiger partial charge in [-0.25, -0.2) is 0 Å². The lowest BCUT2D eigenvalue weighted by atomic mass is 10.0. The quantitative estimate of drug-likeness (QED) is 0.521. The SMILES string of the molecule is O=[N+]([O-])c1ccc(N2CC=C(c3cccs3)CC2)c2ncccc12. The lowest BCUT2D eigenvalue weighted by molar-refractivity contribution is -0.383. The molecule has 0 unspecified atom stereocenters. The summed E-state index contributed by atoms with van der Waals surface area (Å²) in [5.74, 6) is 0. The monoisotopic (exact) mass is 337 g/mol. The number of aromatic nitrogens is 1. The normalized spacial score (nSPS) is 14.7. The number of anilines is 1. The van der Waals surface area contributed by atoms with E-state index in [0.29, 0.717) is 10.9 Å². The number of nitro benzene ring substituents is 1. The average Bonchev–Trinajstić information content (AvgIpc) is 3.15. The fourth-order valence-corrected chi connectivity index (χ4v) is 3.93. The molecule has 0 bridgehead atoms. The second kappa shape index (κ2) is 6.05. The number of nitrogens with zero attached hydrogens (tertiary/aromatic N) is 3. The molecule has 1 aromatic carbocycles. The number of nitro groups is 1. The van der Waals surface area contributed by atoms with Gasteiger partial charge in [-0.1, -0.05) is 12.1 Å². The Morgan fingerprint density at radius 1 is 1.21 bits per heavy atom. The first-order valence-corrected chi connectivity index (χ1v) is 8.62. The Morgan fingerprint density at radius 2 is 2.12 bits per heavy atom. The van der Waals surface area contributed by atoms with Crippen LogP contribution in [0.25, 0.3) is 16.5 Å². The van der Waals surface area contributed by atoms with Gasteiger partial charge in [0.05, 0.1) is 16.0 Å². The van der Waals surface area contributed by atoms with Crippen LogP contribution in [0.5, 0.6) is 0 Å². The van der Waals surface area contributed by atoms with Crippen molar-refractivity contribution in [1.29, 1.82) is 0 Å². The Balaban J connectivity index is 1.71. The highest BCUT2D eigenvalue weighted by atomic mass is 32.1. The molecule has 0 fully saturated rings. The summed E-state index contributed by atoms with van der Waals surface area (Å²) in [6, 6.07) is 11.1. The largest absolute Gasteiger partial charge is 0.366 e. The van der Waals surface area contributed by atoms with Crippen LogP contribution in [0.2, 0.25) is 0 Å². The van der Waals surface area contributed by atoms with Crippen LogP contribution in [-0.4, -0.2) is 23.0 Å². The second-order valence-corrected chi connectivity index (χ2v) is 6.61. The molecule has 1 aliphatic heterocycles. The molecule has 1 aliphatic rings. The summed E-state index contributed by atoms with van der Waals surface area (Å²) in [6.07, 6.45) is 4.89. The number of hydrogen-bond donors (Lipinski definition) is 0. The summed E-state index contributed by atoms with van der Waals surface area (Å²) in [5, 5.41) is 13.9. The van der Waals surface area contributed by atoms with Crippen molar-refractivity contribution in [1.82, 2.24) is 4.98 Å². The molecule has 0 atom stereocenters. The Morgan fingerprint density at radius 3 is 2.83 bits per heavy atom. The molecule has 0 aliphatic carbocycles. The third-order valence-corrected chi connectivity index (χ3v) is 5.25. The zero-order valence-electron chi connectivity index (χ0n) is 12.9. The van der Waals surface area contributed by atoms with Gasteiger partial charge in [-0.15, -0.1) is 11.3 Å². The van der Waals surface area contributed by atoms with Crippen molar-refractivity contribution in [3.63, 3.8) is 0 Å². The predicted molar refractivity (Wildman–Crippen MR) is 97.5 cm³/mol. The molecule has 6 heteroatoms. The highest BCUT2D eigenvalue weighted by Gasteiger charge is 2.20. The maximum Gasteiger partial charge on any atom is 0.278 e. The van der Waals surface area contributed by atoms with Crippen LogP contribution in [0.15, 0.2) is 54.1 Å². The van der Waals surface area contributed by atoms with E-state index in [-0.39, 0.29) is 10.6 Å². The number of rotatable bonds is 3. The molecule has 0 radical (unpaired) electrons. The van der Waals surface area contributed by atoms with E-state index < -0.39 is 0 Å². The molecule has 5 nitrogen and oxygen atoms in total. The zero-order valence-corrected chi connectivity index (χ0v) is 13.7. The van der Waals surface area contributed by atoms with Gasteiger partial charge in [0.25, 0.3) is 5.69 Å². The van der Waals surface area contributed by atoms with E-state index in [1.165, 1.54) is 10.5 Å². The number of non-ortho nitro benzene ring substituents is 1. The van der Waals surface area contributed by atoms with E-state index in [1.807, 2.05) is 6.07 Å². The van der Waals surface area contributed by atoms with Gasteiger partial charge in [-0.3, -0.25) is 15.1 Å². The Labute approximate surface area is 143 Å². The van der Waals surface area contributed by atoms with Gasteiger partial charge in [-0.2, -0.15) is 0 Å². The number of hydrogen-bond acceptors (Lipinski definition) is 5. The van der Waals surface area contributed by atoms with Crippen LogP contribution in [0, 0.1) is 10.1 Å². The van der Waals surface area contributed by atoms with E-state index in [9.17, 15) is 10.1 Å². The van der Waals surface area contributed by atoms with Crippen molar-refractivity contribution >= 4 is 39.2 Å². The van der Waals surface area contributed by atoms with Gasteiger partial charge in [0.1, 0.15) is 5.52 Å². The molecule has 3 heterocycles. The van der Waals surface area contributed by atoms with E-state index in [4.69, 9.17) is 0 Å².